The number of carbonyl (C=O) groups is 4. The number of thiophene rings is 1. The number of aryl methyl sites for hydroxylation is 1. The summed E-state index contributed by atoms with van der Waals surface area (Å²) in [5.74, 6) is -1.65. The molecule has 0 aliphatic heterocycles. The molecule has 0 saturated carbocycles. The van der Waals surface area contributed by atoms with Gasteiger partial charge in [-0.15, -0.1) is 11.3 Å². The minimum atomic E-state index is -0.685. The summed E-state index contributed by atoms with van der Waals surface area (Å²) in [6.45, 7) is 3.54. The number of hydrogen-bond acceptors (Lipinski definition) is 7. The Morgan fingerprint density at radius 1 is 1.17 bits per heavy atom. The largest absolute Gasteiger partial charge is 0.469 e. The fraction of sp³-hybridized carbons (Fsp3) is 0.400. The number of aromatic nitrogens is 1. The number of esters is 2. The minimum absolute atomic E-state index is 0.276. The molecule has 0 saturated heterocycles. The fourth-order valence-electron chi connectivity index (χ4n) is 2.83. The molecule has 0 unspecified atom stereocenters. The Morgan fingerprint density at radius 2 is 1.93 bits per heavy atom. The molecule has 2 rings (SSSR count). The van der Waals surface area contributed by atoms with E-state index in [1.165, 1.54) is 18.4 Å². The summed E-state index contributed by atoms with van der Waals surface area (Å²) < 4.78 is 11.6. The van der Waals surface area contributed by atoms with Crippen LogP contribution in [0.25, 0.3) is 0 Å². The first-order chi connectivity index (χ1) is 13.8. The summed E-state index contributed by atoms with van der Waals surface area (Å²) in [5, 5.41) is 4.22. The molecule has 0 fully saturated rings. The third-order valence-corrected chi connectivity index (χ3v) is 5.24. The van der Waals surface area contributed by atoms with Crippen LogP contribution in [0.2, 0.25) is 0 Å². The van der Waals surface area contributed by atoms with Gasteiger partial charge < -0.3 is 19.4 Å². The second-order valence-electron chi connectivity index (χ2n) is 6.36. The van der Waals surface area contributed by atoms with Crippen LogP contribution < -0.4 is 5.32 Å². The molecule has 2 heterocycles. The second kappa shape index (κ2) is 10.6. The topological polar surface area (TPSA) is 104 Å². The lowest BCUT2D eigenvalue weighted by molar-refractivity contribution is -0.141. The van der Waals surface area contributed by atoms with Crippen molar-refractivity contribution < 1.29 is 28.7 Å². The summed E-state index contributed by atoms with van der Waals surface area (Å²) >= 11 is 1.27. The molecule has 2 aromatic heterocycles. The molecular weight excluding hydrogens is 396 g/mol. The number of Topliss-reactive ketones (excluding diaryl/α,β-unsaturated/α-hetero) is 1. The van der Waals surface area contributed by atoms with Crippen molar-refractivity contribution in [1.82, 2.24) is 9.88 Å². The highest BCUT2D eigenvalue weighted by Crippen LogP contribution is 2.17. The molecule has 0 aliphatic rings. The van der Waals surface area contributed by atoms with Crippen molar-refractivity contribution in [2.75, 3.05) is 20.3 Å². The van der Waals surface area contributed by atoms with Gasteiger partial charge in [-0.1, -0.05) is 6.07 Å². The molecule has 9 heteroatoms. The predicted molar refractivity (Wildman–Crippen MR) is 107 cm³/mol. The fourth-order valence-corrected chi connectivity index (χ4v) is 3.47. The number of hydrogen-bond donors (Lipinski definition) is 1. The highest BCUT2D eigenvalue weighted by atomic mass is 32.1. The molecule has 0 spiro atoms. The first-order valence-electron chi connectivity index (χ1n) is 9.07. The normalized spacial score (nSPS) is 10.4. The van der Waals surface area contributed by atoms with E-state index in [9.17, 15) is 19.2 Å². The Bertz CT molecular complexity index is 885. The van der Waals surface area contributed by atoms with Gasteiger partial charge in [0.15, 0.2) is 6.61 Å². The van der Waals surface area contributed by atoms with Crippen LogP contribution in [-0.2, 0) is 25.6 Å². The molecule has 2 aromatic rings. The summed E-state index contributed by atoms with van der Waals surface area (Å²) in [6, 6.07) is 5.13. The van der Waals surface area contributed by atoms with E-state index in [0.717, 1.165) is 11.4 Å². The number of carbonyl (C=O) groups excluding carboxylic acids is 4. The van der Waals surface area contributed by atoms with Crippen LogP contribution in [0.15, 0.2) is 23.6 Å². The van der Waals surface area contributed by atoms with Gasteiger partial charge in [0.25, 0.3) is 5.91 Å². The number of rotatable bonds is 10. The molecule has 1 N–H and O–H groups in total. The van der Waals surface area contributed by atoms with E-state index in [1.807, 2.05) is 11.5 Å². The lowest BCUT2D eigenvalue weighted by atomic mass is 10.1. The third kappa shape index (κ3) is 6.28. The van der Waals surface area contributed by atoms with Crippen molar-refractivity contribution in [2.45, 2.75) is 33.2 Å². The molecule has 8 nitrogen and oxygen atoms in total. The Labute approximate surface area is 172 Å². The van der Waals surface area contributed by atoms with E-state index in [1.54, 1.807) is 30.5 Å². The van der Waals surface area contributed by atoms with E-state index in [-0.39, 0.29) is 24.2 Å². The van der Waals surface area contributed by atoms with Gasteiger partial charge in [0.05, 0.1) is 12.0 Å². The summed E-state index contributed by atoms with van der Waals surface area (Å²) in [4.78, 5) is 47.8. The first-order valence-corrected chi connectivity index (χ1v) is 9.95. The summed E-state index contributed by atoms with van der Waals surface area (Å²) in [6.07, 6.45) is 0.890. The van der Waals surface area contributed by atoms with Gasteiger partial charge in [-0.25, -0.2) is 0 Å². The van der Waals surface area contributed by atoms with Gasteiger partial charge >= 0.3 is 11.9 Å². The molecule has 0 bridgehead atoms. The van der Waals surface area contributed by atoms with Gasteiger partial charge in [0, 0.05) is 29.9 Å². The molecule has 0 aliphatic carbocycles. The summed E-state index contributed by atoms with van der Waals surface area (Å²) in [7, 11) is 1.35. The smallest absolute Gasteiger partial charge is 0.325 e. The number of amides is 1. The maximum Gasteiger partial charge on any atom is 0.325 e. The van der Waals surface area contributed by atoms with Gasteiger partial charge in [0.2, 0.25) is 5.78 Å². The molecule has 29 heavy (non-hydrogen) atoms. The van der Waals surface area contributed by atoms with Crippen molar-refractivity contribution >= 4 is 35.0 Å². The Balaban J connectivity index is 1.83. The van der Waals surface area contributed by atoms with Gasteiger partial charge in [0.1, 0.15) is 6.54 Å². The summed E-state index contributed by atoms with van der Waals surface area (Å²) in [5.41, 5.74) is 2.10. The minimum Gasteiger partial charge on any atom is -0.469 e. The van der Waals surface area contributed by atoms with Crippen LogP contribution in [0, 0.1) is 13.8 Å². The molecule has 1 amide bonds. The van der Waals surface area contributed by atoms with E-state index < -0.39 is 12.6 Å². The monoisotopic (exact) mass is 420 g/mol. The SMILES string of the molecule is COC(=O)CCCn1c(C)cc(C(=O)COC(=O)CNC(=O)c2cccs2)c1C. The van der Waals surface area contributed by atoms with Crippen LogP contribution in [0.5, 0.6) is 0 Å². The van der Waals surface area contributed by atoms with Crippen LogP contribution >= 0.6 is 11.3 Å². The molecular formula is C20H24N2O6S. The zero-order chi connectivity index (χ0) is 21.4. The molecule has 156 valence electrons. The van der Waals surface area contributed by atoms with Crippen molar-refractivity contribution in [3.05, 3.63) is 45.4 Å². The molecule has 0 radical (unpaired) electrons. The molecule has 0 aromatic carbocycles. The lowest BCUT2D eigenvalue weighted by Crippen LogP contribution is -2.31. The maximum atomic E-state index is 12.4. The predicted octanol–water partition coefficient (Wildman–Crippen LogP) is 2.28. The number of ether oxygens (including phenoxy) is 2. The second-order valence-corrected chi connectivity index (χ2v) is 7.31. The third-order valence-electron chi connectivity index (χ3n) is 4.37. The lowest BCUT2D eigenvalue weighted by Gasteiger charge is -2.09. The number of nitrogens with one attached hydrogen (secondary N) is 1. The van der Waals surface area contributed by atoms with Gasteiger partial charge in [-0.3, -0.25) is 19.2 Å². The van der Waals surface area contributed by atoms with Crippen molar-refractivity contribution in [3.63, 3.8) is 0 Å². The van der Waals surface area contributed by atoms with Gasteiger partial charge in [-0.2, -0.15) is 0 Å². The Hall–Kier alpha value is -2.94. The van der Waals surface area contributed by atoms with Crippen LogP contribution in [0.3, 0.4) is 0 Å². The average molecular weight is 420 g/mol. The first kappa shape index (κ1) is 22.4. The van der Waals surface area contributed by atoms with E-state index in [4.69, 9.17) is 4.74 Å². The van der Waals surface area contributed by atoms with Crippen molar-refractivity contribution in [2.24, 2.45) is 0 Å². The Morgan fingerprint density at radius 3 is 2.59 bits per heavy atom. The highest BCUT2D eigenvalue weighted by molar-refractivity contribution is 7.12. The number of nitrogens with zero attached hydrogens (tertiary/aromatic N) is 1. The van der Waals surface area contributed by atoms with Crippen molar-refractivity contribution in [3.8, 4) is 0 Å². The van der Waals surface area contributed by atoms with Crippen LogP contribution in [0.1, 0.15) is 44.3 Å². The van der Waals surface area contributed by atoms with Gasteiger partial charge in [-0.05, 0) is 37.8 Å². The maximum absolute atomic E-state index is 12.4. The van der Waals surface area contributed by atoms with Crippen LogP contribution in [0.4, 0.5) is 0 Å². The average Bonchev–Trinajstić information content (AvgIpc) is 3.34. The van der Waals surface area contributed by atoms with E-state index in [2.05, 4.69) is 10.1 Å². The zero-order valence-corrected chi connectivity index (χ0v) is 17.5. The van der Waals surface area contributed by atoms with Crippen molar-refractivity contribution in [1.29, 1.82) is 0 Å². The molecule has 0 atom stereocenters. The number of methoxy groups -OCH3 is 1. The quantitative estimate of drug-likeness (QED) is 0.467. The standard InChI is InChI=1S/C20H24N2O6S/c1-13-10-15(14(2)22(13)8-4-7-18(24)27-3)16(23)12-28-19(25)11-21-20(26)17-6-5-9-29-17/h5-6,9-10H,4,7-8,11-12H2,1-3H3,(H,21,26). The van der Waals surface area contributed by atoms with E-state index in [0.29, 0.717) is 29.8 Å². The number of ketones is 1. The highest BCUT2D eigenvalue weighted by Gasteiger charge is 2.18. The Kier molecular flexibility index (Phi) is 8.14. The van der Waals surface area contributed by atoms with E-state index >= 15 is 0 Å². The van der Waals surface area contributed by atoms with Crippen LogP contribution in [-0.4, -0.2) is 48.5 Å². The zero-order valence-electron chi connectivity index (χ0n) is 16.6.